The summed E-state index contributed by atoms with van der Waals surface area (Å²) in [5.41, 5.74) is 8.54. The molecular weight excluding hydrogens is 623 g/mol. The van der Waals surface area contributed by atoms with Crippen LogP contribution in [0.4, 0.5) is 0 Å². The normalized spacial score (nSPS) is 15.3. The van der Waals surface area contributed by atoms with E-state index in [9.17, 15) is 0 Å². The molecule has 0 saturated carbocycles. The van der Waals surface area contributed by atoms with Crippen LogP contribution in [-0.4, -0.2) is 11.7 Å². The van der Waals surface area contributed by atoms with Crippen molar-refractivity contribution >= 4 is 85.5 Å². The van der Waals surface area contributed by atoms with Crippen LogP contribution in [-0.2, 0) is 0 Å². The van der Waals surface area contributed by atoms with Gasteiger partial charge in [-0.25, -0.2) is 9.98 Å². The average molecular weight is 648 g/mol. The quantitative estimate of drug-likeness (QED) is 0.204. The molecule has 0 spiro atoms. The molecule has 2 aromatic heterocycles. The summed E-state index contributed by atoms with van der Waals surface area (Å²) in [6, 6.07) is 50.4. The summed E-state index contributed by atoms with van der Waals surface area (Å²) in [4.78, 5) is 10.6. The lowest BCUT2D eigenvalue weighted by Gasteiger charge is -2.24. The van der Waals surface area contributed by atoms with Crippen LogP contribution in [0.25, 0.3) is 73.4 Å². The van der Waals surface area contributed by atoms with Gasteiger partial charge in [-0.1, -0.05) is 103 Å². The van der Waals surface area contributed by atoms with Crippen molar-refractivity contribution in [1.29, 1.82) is 0 Å². The van der Waals surface area contributed by atoms with Crippen molar-refractivity contribution in [3.63, 3.8) is 0 Å². The second kappa shape index (κ2) is 9.94. The second-order valence-corrected chi connectivity index (χ2v) is 14.6. The molecule has 5 heteroatoms. The zero-order chi connectivity index (χ0) is 31.3. The lowest BCUT2D eigenvalue weighted by atomic mass is 9.99. The SMILES string of the molecule is c1ccc(C2N=C(c3cccc4c3sc3c5cccc6c5c(cc43)-c3ccccc3-6)N=C(c3ccc4sc5ccccc5c4c3)N2)cc1. The Morgan fingerprint density at radius 3 is 2.08 bits per heavy atom. The van der Waals surface area contributed by atoms with Gasteiger partial charge in [-0.15, -0.1) is 22.7 Å². The summed E-state index contributed by atoms with van der Waals surface area (Å²) in [6.07, 6.45) is -0.259. The van der Waals surface area contributed by atoms with E-state index in [0.29, 0.717) is 0 Å². The number of thiophene rings is 2. The van der Waals surface area contributed by atoms with Gasteiger partial charge in [0.25, 0.3) is 0 Å². The van der Waals surface area contributed by atoms with E-state index in [2.05, 4.69) is 145 Å². The molecule has 0 saturated heterocycles. The standard InChI is InChI=1S/C43H25N3S2/c1-2-10-24(11-3-1)41-44-42(25-20-21-37-33(22-25)28-14-6-7-19-36(28)47-37)46-43(45-41)32-18-9-16-30-35-23-34-27-13-5-4-12-26(27)29-15-8-17-31(38(29)34)40(35)48-39(30)32/h1-23,41H,(H,44,45,46). The molecule has 11 rings (SSSR count). The van der Waals surface area contributed by atoms with Crippen molar-refractivity contribution < 1.29 is 0 Å². The van der Waals surface area contributed by atoms with Crippen molar-refractivity contribution in [3.05, 3.63) is 156 Å². The molecule has 7 aromatic carbocycles. The number of hydrogen-bond donors (Lipinski definition) is 1. The minimum absolute atomic E-state index is 0.259. The number of rotatable bonds is 3. The number of nitrogens with one attached hydrogen (secondary N) is 1. The number of benzene rings is 7. The van der Waals surface area contributed by atoms with Crippen LogP contribution in [0.2, 0.25) is 0 Å². The van der Waals surface area contributed by atoms with Crippen molar-refractivity contribution in [3.8, 4) is 22.3 Å². The minimum atomic E-state index is -0.259. The molecule has 48 heavy (non-hydrogen) atoms. The first kappa shape index (κ1) is 26.4. The van der Waals surface area contributed by atoms with Crippen LogP contribution in [0, 0.1) is 0 Å². The van der Waals surface area contributed by atoms with Crippen LogP contribution in [0.5, 0.6) is 0 Å². The Labute approximate surface area is 284 Å². The van der Waals surface area contributed by atoms with Crippen LogP contribution < -0.4 is 5.32 Å². The Morgan fingerprint density at radius 1 is 0.479 bits per heavy atom. The molecule has 3 nitrogen and oxygen atoms in total. The van der Waals surface area contributed by atoms with Gasteiger partial charge in [-0.2, -0.15) is 0 Å². The lowest BCUT2D eigenvalue weighted by Crippen LogP contribution is -2.33. The van der Waals surface area contributed by atoms with Crippen molar-refractivity contribution in [1.82, 2.24) is 5.32 Å². The lowest BCUT2D eigenvalue weighted by molar-refractivity contribution is 0.674. The van der Waals surface area contributed by atoms with Crippen molar-refractivity contribution in [2.75, 3.05) is 0 Å². The van der Waals surface area contributed by atoms with Gasteiger partial charge in [0.2, 0.25) is 0 Å². The predicted molar refractivity (Wildman–Crippen MR) is 206 cm³/mol. The van der Waals surface area contributed by atoms with Gasteiger partial charge in [0, 0.05) is 56.9 Å². The maximum Gasteiger partial charge on any atom is 0.160 e. The fraction of sp³-hybridized carbons (Fsp3) is 0.0233. The van der Waals surface area contributed by atoms with E-state index in [4.69, 9.17) is 9.98 Å². The van der Waals surface area contributed by atoms with Crippen LogP contribution in [0.3, 0.4) is 0 Å². The molecule has 0 fully saturated rings. The predicted octanol–water partition coefficient (Wildman–Crippen LogP) is 11.7. The van der Waals surface area contributed by atoms with Crippen molar-refractivity contribution in [2.45, 2.75) is 6.17 Å². The number of amidine groups is 2. The first-order valence-corrected chi connectivity index (χ1v) is 17.8. The molecule has 0 bridgehead atoms. The molecule has 1 unspecified atom stereocenters. The monoisotopic (exact) mass is 647 g/mol. The molecular formula is C43H25N3S2. The van der Waals surface area contributed by atoms with Gasteiger partial charge >= 0.3 is 0 Å². The summed E-state index contributed by atoms with van der Waals surface area (Å²) in [7, 11) is 0. The highest BCUT2D eigenvalue weighted by molar-refractivity contribution is 7.27. The van der Waals surface area contributed by atoms with Gasteiger partial charge in [0.05, 0.1) is 0 Å². The van der Waals surface area contributed by atoms with Crippen LogP contribution in [0.1, 0.15) is 22.9 Å². The number of aliphatic imine (C=N–C) groups is 2. The maximum absolute atomic E-state index is 5.29. The molecule has 1 N–H and O–H groups in total. The Balaban J connectivity index is 1.13. The molecule has 0 amide bonds. The third-order valence-electron chi connectivity index (χ3n) is 9.88. The largest absolute Gasteiger partial charge is 0.344 e. The topological polar surface area (TPSA) is 36.8 Å². The van der Waals surface area contributed by atoms with E-state index in [1.165, 1.54) is 73.4 Å². The Hall–Kier alpha value is -5.62. The summed E-state index contributed by atoms with van der Waals surface area (Å²) < 4.78 is 5.12. The summed E-state index contributed by atoms with van der Waals surface area (Å²) in [6.45, 7) is 0. The zero-order valence-corrected chi connectivity index (χ0v) is 27.2. The minimum Gasteiger partial charge on any atom is -0.344 e. The zero-order valence-electron chi connectivity index (χ0n) is 25.6. The summed E-state index contributed by atoms with van der Waals surface area (Å²) >= 11 is 3.70. The van der Waals surface area contributed by atoms with Gasteiger partial charge < -0.3 is 5.32 Å². The van der Waals surface area contributed by atoms with Crippen molar-refractivity contribution in [2.24, 2.45) is 9.98 Å². The molecule has 2 aliphatic rings. The highest BCUT2D eigenvalue weighted by Gasteiger charge is 2.26. The molecule has 1 atom stereocenters. The fourth-order valence-electron chi connectivity index (χ4n) is 7.69. The number of hydrogen-bond acceptors (Lipinski definition) is 5. The highest BCUT2D eigenvalue weighted by Crippen LogP contribution is 2.52. The van der Waals surface area contributed by atoms with E-state index >= 15 is 0 Å². The first-order chi connectivity index (χ1) is 23.8. The summed E-state index contributed by atoms with van der Waals surface area (Å²) in [5, 5.41) is 11.5. The number of fused-ring (bicyclic) bond motifs is 10. The van der Waals surface area contributed by atoms with E-state index in [-0.39, 0.29) is 6.17 Å². The molecule has 1 aliphatic carbocycles. The molecule has 1 aliphatic heterocycles. The average Bonchev–Trinajstić information content (AvgIpc) is 3.82. The fourth-order valence-corrected chi connectivity index (χ4v) is 10.1. The smallest absolute Gasteiger partial charge is 0.160 e. The maximum atomic E-state index is 5.29. The highest BCUT2D eigenvalue weighted by atomic mass is 32.1. The van der Waals surface area contributed by atoms with Gasteiger partial charge in [0.15, 0.2) is 5.84 Å². The van der Waals surface area contributed by atoms with Gasteiger partial charge in [0.1, 0.15) is 12.0 Å². The second-order valence-electron chi connectivity index (χ2n) is 12.5. The van der Waals surface area contributed by atoms with E-state index in [1.807, 2.05) is 22.7 Å². The summed E-state index contributed by atoms with van der Waals surface area (Å²) in [5.74, 6) is 1.60. The molecule has 0 radical (unpaired) electrons. The van der Waals surface area contributed by atoms with Gasteiger partial charge in [-0.3, -0.25) is 0 Å². The van der Waals surface area contributed by atoms with E-state index in [1.54, 1.807) is 0 Å². The van der Waals surface area contributed by atoms with Crippen LogP contribution >= 0.6 is 22.7 Å². The third-order valence-corrected chi connectivity index (χ3v) is 12.3. The van der Waals surface area contributed by atoms with E-state index in [0.717, 1.165) is 28.4 Å². The van der Waals surface area contributed by atoms with Gasteiger partial charge in [-0.05, 0) is 69.6 Å². The van der Waals surface area contributed by atoms with Crippen LogP contribution in [0.15, 0.2) is 150 Å². The number of nitrogens with zero attached hydrogens (tertiary/aromatic N) is 2. The first-order valence-electron chi connectivity index (χ1n) is 16.2. The third kappa shape index (κ3) is 3.74. The Kier molecular flexibility index (Phi) is 5.48. The van der Waals surface area contributed by atoms with E-state index < -0.39 is 0 Å². The Bertz CT molecular complexity index is 2870. The Morgan fingerprint density at radius 2 is 1.19 bits per heavy atom. The molecule has 3 heterocycles. The molecule has 224 valence electrons. The molecule has 9 aromatic rings.